The van der Waals surface area contributed by atoms with Gasteiger partial charge in [0.25, 0.3) is 5.91 Å². The quantitative estimate of drug-likeness (QED) is 0.928. The summed E-state index contributed by atoms with van der Waals surface area (Å²) in [6.07, 6.45) is 3.62. The number of rotatable bonds is 4. The van der Waals surface area contributed by atoms with E-state index >= 15 is 0 Å². The van der Waals surface area contributed by atoms with Crippen LogP contribution in [0.15, 0.2) is 12.3 Å². The van der Waals surface area contributed by atoms with E-state index in [0.717, 1.165) is 12.8 Å². The Labute approximate surface area is 131 Å². The molecule has 1 aliphatic heterocycles. The standard InChI is InChI=1S/C15H24ClN3O2/c1-10(2)19-9-11(16)6-14(19)15(20)18-5-4-13(21-3)7-12(18)8-17/h6,9-10,12-13H,4-5,7-8,17H2,1-3H3. The summed E-state index contributed by atoms with van der Waals surface area (Å²) in [7, 11) is 1.71. The highest BCUT2D eigenvalue weighted by atomic mass is 35.5. The first-order chi connectivity index (χ1) is 9.97. The zero-order valence-corrected chi connectivity index (χ0v) is 13.6. The number of nitrogens with zero attached hydrogens (tertiary/aromatic N) is 2. The maximum atomic E-state index is 12.9. The highest BCUT2D eigenvalue weighted by Gasteiger charge is 2.32. The van der Waals surface area contributed by atoms with Gasteiger partial charge in [0, 0.05) is 38.5 Å². The molecule has 1 amide bonds. The molecular formula is C15H24ClN3O2. The van der Waals surface area contributed by atoms with Crippen LogP contribution in [0.25, 0.3) is 0 Å². The second-order valence-electron chi connectivity index (χ2n) is 5.81. The van der Waals surface area contributed by atoms with Crippen LogP contribution in [0.3, 0.4) is 0 Å². The van der Waals surface area contributed by atoms with E-state index in [9.17, 15) is 4.79 Å². The van der Waals surface area contributed by atoms with Crippen LogP contribution in [-0.4, -0.2) is 47.7 Å². The lowest BCUT2D eigenvalue weighted by Gasteiger charge is -2.38. The average Bonchev–Trinajstić information content (AvgIpc) is 2.88. The molecule has 0 aliphatic carbocycles. The van der Waals surface area contributed by atoms with Crippen LogP contribution < -0.4 is 5.73 Å². The number of likely N-dealkylation sites (tertiary alicyclic amines) is 1. The molecule has 2 unspecified atom stereocenters. The van der Waals surface area contributed by atoms with Crippen molar-refractivity contribution >= 4 is 17.5 Å². The highest BCUT2D eigenvalue weighted by Crippen LogP contribution is 2.25. The number of amides is 1. The molecule has 0 saturated carbocycles. The highest BCUT2D eigenvalue weighted by molar-refractivity contribution is 6.31. The van der Waals surface area contributed by atoms with Gasteiger partial charge >= 0.3 is 0 Å². The van der Waals surface area contributed by atoms with Gasteiger partial charge < -0.3 is 19.9 Å². The maximum Gasteiger partial charge on any atom is 0.270 e. The third kappa shape index (κ3) is 3.42. The van der Waals surface area contributed by atoms with E-state index in [2.05, 4.69) is 0 Å². The SMILES string of the molecule is COC1CCN(C(=O)c2cc(Cl)cn2C(C)C)C(CN)C1. The lowest BCUT2D eigenvalue weighted by atomic mass is 9.99. The zero-order chi connectivity index (χ0) is 15.6. The molecule has 1 aromatic rings. The van der Waals surface area contributed by atoms with Gasteiger partial charge in [-0.15, -0.1) is 0 Å². The number of halogens is 1. The van der Waals surface area contributed by atoms with Gasteiger partial charge in [0.05, 0.1) is 11.1 Å². The van der Waals surface area contributed by atoms with E-state index in [1.165, 1.54) is 0 Å². The number of hydrogen-bond acceptors (Lipinski definition) is 3. The van der Waals surface area contributed by atoms with Crippen molar-refractivity contribution < 1.29 is 9.53 Å². The van der Waals surface area contributed by atoms with E-state index in [1.807, 2.05) is 23.3 Å². The first kappa shape index (κ1) is 16.3. The fraction of sp³-hybridized carbons (Fsp3) is 0.667. The van der Waals surface area contributed by atoms with Crippen molar-refractivity contribution in [3.63, 3.8) is 0 Å². The van der Waals surface area contributed by atoms with Gasteiger partial charge in [-0.1, -0.05) is 11.6 Å². The summed E-state index contributed by atoms with van der Waals surface area (Å²) in [5.74, 6) is 0.000558. The number of hydrogen-bond donors (Lipinski definition) is 1. The minimum Gasteiger partial charge on any atom is -0.381 e. The third-order valence-corrected chi connectivity index (χ3v) is 4.33. The molecule has 0 spiro atoms. The largest absolute Gasteiger partial charge is 0.381 e. The molecule has 6 heteroatoms. The summed E-state index contributed by atoms with van der Waals surface area (Å²) in [5, 5.41) is 0.586. The molecule has 2 heterocycles. The van der Waals surface area contributed by atoms with Crippen molar-refractivity contribution in [1.29, 1.82) is 0 Å². The monoisotopic (exact) mass is 313 g/mol. The number of carbonyl (C=O) groups is 1. The Hall–Kier alpha value is -1.04. The molecule has 21 heavy (non-hydrogen) atoms. The van der Waals surface area contributed by atoms with Crippen molar-refractivity contribution in [2.45, 2.75) is 44.9 Å². The fourth-order valence-corrected chi connectivity index (χ4v) is 3.12. The number of aromatic nitrogens is 1. The summed E-state index contributed by atoms with van der Waals surface area (Å²) < 4.78 is 7.32. The number of methoxy groups -OCH3 is 1. The van der Waals surface area contributed by atoms with Crippen molar-refractivity contribution in [2.24, 2.45) is 5.73 Å². The molecule has 1 fully saturated rings. The van der Waals surface area contributed by atoms with E-state index in [0.29, 0.717) is 23.8 Å². The molecule has 1 aliphatic rings. The summed E-state index contributed by atoms with van der Waals surface area (Å²) in [4.78, 5) is 14.7. The van der Waals surface area contributed by atoms with Crippen molar-refractivity contribution in [3.05, 3.63) is 23.0 Å². The van der Waals surface area contributed by atoms with Gasteiger partial charge in [-0.2, -0.15) is 0 Å². The van der Waals surface area contributed by atoms with Crippen molar-refractivity contribution in [1.82, 2.24) is 9.47 Å². The Kier molecular flexibility index (Phi) is 5.30. The minimum absolute atomic E-state index is 0.000558. The zero-order valence-electron chi connectivity index (χ0n) is 12.9. The second kappa shape index (κ2) is 6.81. The number of carbonyl (C=O) groups excluding carboxylic acids is 1. The van der Waals surface area contributed by atoms with Gasteiger partial charge in [-0.25, -0.2) is 0 Å². The van der Waals surface area contributed by atoms with Crippen LogP contribution in [0.4, 0.5) is 0 Å². The fourth-order valence-electron chi connectivity index (χ4n) is 2.91. The predicted octanol–water partition coefficient (Wildman–Crippen LogP) is 2.30. The molecule has 5 nitrogen and oxygen atoms in total. The van der Waals surface area contributed by atoms with Crippen LogP contribution in [-0.2, 0) is 4.74 Å². The summed E-state index contributed by atoms with van der Waals surface area (Å²) in [5.41, 5.74) is 6.48. The van der Waals surface area contributed by atoms with Crippen LogP contribution in [0.5, 0.6) is 0 Å². The van der Waals surface area contributed by atoms with E-state index < -0.39 is 0 Å². The summed E-state index contributed by atoms with van der Waals surface area (Å²) >= 11 is 6.07. The Morgan fingerprint density at radius 2 is 2.29 bits per heavy atom. The van der Waals surface area contributed by atoms with Crippen LogP contribution in [0, 0.1) is 0 Å². The van der Waals surface area contributed by atoms with Gasteiger partial charge in [-0.3, -0.25) is 4.79 Å². The van der Waals surface area contributed by atoms with E-state index in [4.69, 9.17) is 22.1 Å². The van der Waals surface area contributed by atoms with Crippen LogP contribution in [0.1, 0.15) is 43.2 Å². The normalized spacial score (nSPS) is 22.9. The number of nitrogens with two attached hydrogens (primary N) is 1. The Bertz CT molecular complexity index is 501. The molecular weight excluding hydrogens is 290 g/mol. The molecule has 1 aromatic heterocycles. The summed E-state index contributed by atoms with van der Waals surface area (Å²) in [6.45, 7) is 5.18. The number of ether oxygens (including phenoxy) is 1. The average molecular weight is 314 g/mol. The van der Waals surface area contributed by atoms with Gasteiger partial charge in [0.2, 0.25) is 0 Å². The second-order valence-corrected chi connectivity index (χ2v) is 6.25. The summed E-state index contributed by atoms with van der Waals surface area (Å²) in [6, 6.07) is 1.94. The smallest absolute Gasteiger partial charge is 0.270 e. The lowest BCUT2D eigenvalue weighted by Crippen LogP contribution is -2.51. The van der Waals surface area contributed by atoms with Crippen LogP contribution >= 0.6 is 11.6 Å². The van der Waals surface area contributed by atoms with Crippen LogP contribution in [0.2, 0.25) is 5.02 Å². The Morgan fingerprint density at radius 1 is 1.57 bits per heavy atom. The third-order valence-electron chi connectivity index (χ3n) is 4.12. The van der Waals surface area contributed by atoms with Crippen molar-refractivity contribution in [3.8, 4) is 0 Å². The lowest BCUT2D eigenvalue weighted by molar-refractivity contribution is 0.0133. The van der Waals surface area contributed by atoms with E-state index in [1.54, 1.807) is 19.4 Å². The maximum absolute atomic E-state index is 12.9. The molecule has 2 atom stereocenters. The predicted molar refractivity (Wildman–Crippen MR) is 83.7 cm³/mol. The van der Waals surface area contributed by atoms with Gasteiger partial charge in [0.1, 0.15) is 5.69 Å². The van der Waals surface area contributed by atoms with Gasteiger partial charge in [-0.05, 0) is 32.8 Å². The molecule has 1 saturated heterocycles. The van der Waals surface area contributed by atoms with Gasteiger partial charge in [0.15, 0.2) is 0 Å². The molecule has 2 N–H and O–H groups in total. The molecule has 0 aromatic carbocycles. The molecule has 118 valence electrons. The topological polar surface area (TPSA) is 60.5 Å². The van der Waals surface area contributed by atoms with E-state index in [-0.39, 0.29) is 24.1 Å². The van der Waals surface area contributed by atoms with Crippen molar-refractivity contribution in [2.75, 3.05) is 20.2 Å². The molecule has 0 radical (unpaired) electrons. The minimum atomic E-state index is 0.000558. The number of piperidine rings is 1. The molecule has 2 rings (SSSR count). The Morgan fingerprint density at radius 3 is 2.86 bits per heavy atom. The Balaban J connectivity index is 2.23. The molecule has 0 bridgehead atoms. The first-order valence-electron chi connectivity index (χ1n) is 7.39. The first-order valence-corrected chi connectivity index (χ1v) is 7.77.